The summed E-state index contributed by atoms with van der Waals surface area (Å²) in [6, 6.07) is 5.14. The zero-order chi connectivity index (χ0) is 12.7. The lowest BCUT2D eigenvalue weighted by atomic mass is 10.2. The molecule has 5 heteroatoms. The van der Waals surface area contributed by atoms with Crippen LogP contribution in [0.4, 0.5) is 5.69 Å². The standard InChI is InChI=1S/C12H14BrNO2S/c1-2-6-17-7-5-14-9-3-4-10(12(15)16)11(13)8-9/h2-4,8,14H,1,5-7H2,(H,15,16). The molecule has 0 fully saturated rings. The number of halogens is 1. The number of benzene rings is 1. The molecule has 0 saturated heterocycles. The number of nitrogens with one attached hydrogen (secondary N) is 1. The molecule has 0 heterocycles. The molecular formula is C12H14BrNO2S. The molecule has 0 aliphatic rings. The summed E-state index contributed by atoms with van der Waals surface area (Å²) in [6.45, 7) is 4.50. The Morgan fingerprint density at radius 2 is 2.35 bits per heavy atom. The van der Waals surface area contributed by atoms with Gasteiger partial charge in [-0.2, -0.15) is 11.8 Å². The van der Waals surface area contributed by atoms with Crippen molar-refractivity contribution in [2.24, 2.45) is 0 Å². The van der Waals surface area contributed by atoms with Crippen molar-refractivity contribution in [3.63, 3.8) is 0 Å². The number of thioether (sulfide) groups is 1. The van der Waals surface area contributed by atoms with E-state index in [0.29, 0.717) is 4.47 Å². The maximum Gasteiger partial charge on any atom is 0.336 e. The lowest BCUT2D eigenvalue weighted by Gasteiger charge is -2.07. The number of carboxylic acid groups (broad SMARTS) is 1. The molecule has 0 unspecified atom stereocenters. The van der Waals surface area contributed by atoms with Crippen molar-refractivity contribution in [1.29, 1.82) is 0 Å². The first-order valence-corrected chi connectivity index (χ1v) is 7.05. The number of aromatic carboxylic acids is 1. The molecule has 0 amide bonds. The van der Waals surface area contributed by atoms with E-state index in [0.717, 1.165) is 23.7 Å². The Kier molecular flexibility index (Phi) is 6.15. The molecule has 0 aliphatic carbocycles. The SMILES string of the molecule is C=CCSCCNc1ccc(C(=O)O)c(Br)c1. The van der Waals surface area contributed by atoms with Crippen LogP contribution in [0.15, 0.2) is 35.3 Å². The molecule has 3 nitrogen and oxygen atoms in total. The van der Waals surface area contributed by atoms with Crippen LogP contribution in [0.25, 0.3) is 0 Å². The van der Waals surface area contributed by atoms with E-state index in [9.17, 15) is 4.79 Å². The second-order valence-corrected chi connectivity index (χ2v) is 5.29. The van der Waals surface area contributed by atoms with E-state index < -0.39 is 5.97 Å². The lowest BCUT2D eigenvalue weighted by molar-refractivity contribution is 0.0696. The quantitative estimate of drug-likeness (QED) is 0.597. The van der Waals surface area contributed by atoms with E-state index in [4.69, 9.17) is 5.11 Å². The number of hydrogen-bond acceptors (Lipinski definition) is 3. The van der Waals surface area contributed by atoms with Gasteiger partial charge in [-0.25, -0.2) is 4.79 Å². The Hall–Kier alpha value is -0.940. The molecule has 0 radical (unpaired) electrons. The molecule has 92 valence electrons. The summed E-state index contributed by atoms with van der Waals surface area (Å²) in [5.41, 5.74) is 1.19. The first-order valence-electron chi connectivity index (χ1n) is 5.10. The van der Waals surface area contributed by atoms with Crippen LogP contribution in [0.2, 0.25) is 0 Å². The van der Waals surface area contributed by atoms with E-state index in [1.165, 1.54) is 0 Å². The number of carboxylic acids is 1. The third-order valence-corrected chi connectivity index (χ3v) is 3.63. The van der Waals surface area contributed by atoms with Gasteiger partial charge in [-0.15, -0.1) is 6.58 Å². The summed E-state index contributed by atoms with van der Waals surface area (Å²) in [7, 11) is 0. The van der Waals surface area contributed by atoms with Crippen molar-refractivity contribution < 1.29 is 9.90 Å². The highest BCUT2D eigenvalue weighted by molar-refractivity contribution is 9.10. The summed E-state index contributed by atoms with van der Waals surface area (Å²) in [5.74, 6) is 1.01. The van der Waals surface area contributed by atoms with E-state index in [-0.39, 0.29) is 5.56 Å². The predicted octanol–water partition coefficient (Wildman–Crippen LogP) is 3.48. The molecule has 0 atom stereocenters. The van der Waals surface area contributed by atoms with Gasteiger partial charge in [-0.1, -0.05) is 6.08 Å². The zero-order valence-electron chi connectivity index (χ0n) is 9.28. The number of carbonyl (C=O) groups is 1. The van der Waals surface area contributed by atoms with Crippen LogP contribution in [-0.4, -0.2) is 29.1 Å². The third-order valence-electron chi connectivity index (χ3n) is 2.01. The van der Waals surface area contributed by atoms with E-state index in [1.807, 2.05) is 6.08 Å². The Labute approximate surface area is 113 Å². The van der Waals surface area contributed by atoms with Crippen molar-refractivity contribution >= 4 is 39.3 Å². The second kappa shape index (κ2) is 7.40. The second-order valence-electron chi connectivity index (χ2n) is 3.29. The van der Waals surface area contributed by atoms with Crippen LogP contribution >= 0.6 is 27.7 Å². The Morgan fingerprint density at radius 3 is 2.94 bits per heavy atom. The van der Waals surface area contributed by atoms with Crippen LogP contribution in [0, 0.1) is 0 Å². The van der Waals surface area contributed by atoms with Gasteiger partial charge in [-0.3, -0.25) is 0 Å². The van der Waals surface area contributed by atoms with Crippen molar-refractivity contribution in [3.05, 3.63) is 40.9 Å². The summed E-state index contributed by atoms with van der Waals surface area (Å²) in [6.07, 6.45) is 1.88. The Morgan fingerprint density at radius 1 is 1.59 bits per heavy atom. The van der Waals surface area contributed by atoms with Crippen LogP contribution in [0.5, 0.6) is 0 Å². The monoisotopic (exact) mass is 315 g/mol. The smallest absolute Gasteiger partial charge is 0.336 e. The minimum Gasteiger partial charge on any atom is -0.478 e. The fourth-order valence-electron chi connectivity index (χ4n) is 1.23. The first kappa shape index (κ1) is 14.1. The molecule has 0 saturated carbocycles. The lowest BCUT2D eigenvalue weighted by Crippen LogP contribution is -2.05. The van der Waals surface area contributed by atoms with Gasteiger partial charge in [0.05, 0.1) is 5.56 Å². The zero-order valence-corrected chi connectivity index (χ0v) is 11.7. The maximum absolute atomic E-state index is 10.8. The summed E-state index contributed by atoms with van der Waals surface area (Å²) in [5, 5.41) is 12.1. The van der Waals surface area contributed by atoms with E-state index >= 15 is 0 Å². The van der Waals surface area contributed by atoms with Gasteiger partial charge in [0.25, 0.3) is 0 Å². The highest BCUT2D eigenvalue weighted by Crippen LogP contribution is 2.21. The Balaban J connectivity index is 2.47. The van der Waals surface area contributed by atoms with Gasteiger partial charge in [0.15, 0.2) is 0 Å². The van der Waals surface area contributed by atoms with Crippen molar-refractivity contribution in [2.45, 2.75) is 0 Å². The highest BCUT2D eigenvalue weighted by atomic mass is 79.9. The Bertz CT molecular complexity index is 409. The largest absolute Gasteiger partial charge is 0.478 e. The minimum atomic E-state index is -0.926. The molecule has 17 heavy (non-hydrogen) atoms. The van der Waals surface area contributed by atoms with Gasteiger partial charge < -0.3 is 10.4 Å². The molecule has 0 spiro atoms. The highest BCUT2D eigenvalue weighted by Gasteiger charge is 2.07. The van der Waals surface area contributed by atoms with Gasteiger partial charge in [-0.05, 0) is 34.1 Å². The van der Waals surface area contributed by atoms with Crippen LogP contribution < -0.4 is 5.32 Å². The summed E-state index contributed by atoms with van der Waals surface area (Å²) in [4.78, 5) is 10.8. The molecule has 1 rings (SSSR count). The minimum absolute atomic E-state index is 0.275. The summed E-state index contributed by atoms with van der Waals surface area (Å²) >= 11 is 5.04. The van der Waals surface area contributed by atoms with Gasteiger partial charge in [0, 0.05) is 28.2 Å². The van der Waals surface area contributed by atoms with Crippen LogP contribution in [-0.2, 0) is 0 Å². The topological polar surface area (TPSA) is 49.3 Å². The molecule has 0 aromatic heterocycles. The van der Waals surface area contributed by atoms with Crippen molar-refractivity contribution in [2.75, 3.05) is 23.4 Å². The molecule has 0 aliphatic heterocycles. The molecular weight excluding hydrogens is 302 g/mol. The van der Waals surface area contributed by atoms with Crippen molar-refractivity contribution in [3.8, 4) is 0 Å². The number of hydrogen-bond donors (Lipinski definition) is 2. The molecule has 2 N–H and O–H groups in total. The molecule has 1 aromatic rings. The van der Waals surface area contributed by atoms with E-state index in [2.05, 4.69) is 27.8 Å². The first-order chi connectivity index (χ1) is 8.15. The molecule has 0 bridgehead atoms. The average molecular weight is 316 g/mol. The maximum atomic E-state index is 10.8. The van der Waals surface area contributed by atoms with Crippen molar-refractivity contribution in [1.82, 2.24) is 0 Å². The van der Waals surface area contributed by atoms with E-state index in [1.54, 1.807) is 30.0 Å². The number of rotatable bonds is 7. The fraction of sp³-hybridized carbons (Fsp3) is 0.250. The summed E-state index contributed by atoms with van der Waals surface area (Å²) < 4.78 is 0.591. The normalized spacial score (nSPS) is 9.94. The predicted molar refractivity (Wildman–Crippen MR) is 77.1 cm³/mol. The van der Waals surface area contributed by atoms with Crippen LogP contribution in [0.3, 0.4) is 0 Å². The van der Waals surface area contributed by atoms with Gasteiger partial charge in [0.1, 0.15) is 0 Å². The number of anilines is 1. The molecule has 1 aromatic carbocycles. The average Bonchev–Trinajstić information content (AvgIpc) is 2.28. The van der Waals surface area contributed by atoms with Gasteiger partial charge >= 0.3 is 5.97 Å². The fourth-order valence-corrected chi connectivity index (χ4v) is 2.36. The third kappa shape index (κ3) is 4.83. The van der Waals surface area contributed by atoms with Gasteiger partial charge in [0.2, 0.25) is 0 Å². The van der Waals surface area contributed by atoms with Crippen LogP contribution in [0.1, 0.15) is 10.4 Å².